The Morgan fingerprint density at radius 1 is 0.429 bits per heavy atom. The van der Waals surface area contributed by atoms with Gasteiger partial charge in [-0.2, -0.15) is 0 Å². The number of benzene rings is 7. The van der Waals surface area contributed by atoms with E-state index in [9.17, 15) is 0 Å². The zero-order valence-electron chi connectivity index (χ0n) is 23.7. The molecular weight excluding hydrogens is 506 g/mol. The van der Waals surface area contributed by atoms with Crippen LogP contribution in [0.25, 0.3) is 81.9 Å². The van der Waals surface area contributed by atoms with Crippen LogP contribution in [0.2, 0.25) is 0 Å². The van der Waals surface area contributed by atoms with E-state index in [1.807, 2.05) is 0 Å². The summed E-state index contributed by atoms with van der Waals surface area (Å²) >= 11 is 0. The summed E-state index contributed by atoms with van der Waals surface area (Å²) in [6, 6.07) is 49.8. The maximum Gasteiger partial charge on any atom is 0.0620 e. The van der Waals surface area contributed by atoms with E-state index in [1.165, 1.54) is 87.5 Å². The third kappa shape index (κ3) is 3.31. The minimum Gasteiger partial charge on any atom is -0.308 e. The first-order chi connectivity index (χ1) is 20.6. The van der Waals surface area contributed by atoms with Crippen molar-refractivity contribution in [3.8, 4) is 22.3 Å². The van der Waals surface area contributed by atoms with Crippen LogP contribution in [0.4, 0.5) is 0 Å². The van der Waals surface area contributed by atoms with Gasteiger partial charge in [-0.1, -0.05) is 111 Å². The van der Waals surface area contributed by atoms with E-state index >= 15 is 0 Å². The lowest BCUT2D eigenvalue weighted by Gasteiger charge is -2.15. The lowest BCUT2D eigenvalue weighted by molar-refractivity contribution is 0.867. The highest BCUT2D eigenvalue weighted by Crippen LogP contribution is 2.45. The summed E-state index contributed by atoms with van der Waals surface area (Å²) in [4.78, 5) is 0. The summed E-state index contributed by atoms with van der Waals surface area (Å²) in [6.45, 7) is 4.56. The fourth-order valence-electron chi connectivity index (χ4n) is 7.10. The van der Waals surface area contributed by atoms with E-state index in [0.717, 1.165) is 0 Å². The average Bonchev–Trinajstić information content (AvgIpc) is 3.53. The van der Waals surface area contributed by atoms with Gasteiger partial charge in [-0.15, -0.1) is 0 Å². The fraction of sp³-hybridized carbons (Fsp3) is 0.0732. The SMILES string of the molecule is CC(C)c1ccc(-c2ccccc2)c(-c2cc3c4cc5ccccc5cc4n4c5cc6ccccc6cc5c(c2)c34)c1. The Kier molecular flexibility index (Phi) is 4.87. The molecule has 2 aromatic heterocycles. The predicted octanol–water partition coefficient (Wildman–Crippen LogP) is 11.6. The molecule has 0 atom stereocenters. The predicted molar refractivity (Wildman–Crippen MR) is 181 cm³/mol. The minimum atomic E-state index is 0.452. The smallest absolute Gasteiger partial charge is 0.0620 e. The summed E-state index contributed by atoms with van der Waals surface area (Å²) in [5.74, 6) is 0.452. The Bertz CT molecular complexity index is 2350. The summed E-state index contributed by atoms with van der Waals surface area (Å²) in [5.41, 5.74) is 10.3. The van der Waals surface area contributed by atoms with Crippen molar-refractivity contribution in [2.45, 2.75) is 19.8 Å². The molecule has 0 saturated heterocycles. The Balaban J connectivity index is 1.47. The molecule has 0 bridgehead atoms. The van der Waals surface area contributed by atoms with Gasteiger partial charge in [0.1, 0.15) is 0 Å². The standard InChI is InChI=1S/C41H29N/c1-25(2)27-16-17-33(26-10-4-3-5-11-26)34(18-27)32-21-37-35-19-28-12-6-8-14-30(28)23-39(35)42-40-24-31-15-9-7-13-29(31)20-36(40)38(22-32)41(37)42/h3-25H,1-2H3. The van der Waals surface area contributed by atoms with E-state index in [2.05, 4.69) is 152 Å². The minimum absolute atomic E-state index is 0.452. The Morgan fingerprint density at radius 2 is 0.952 bits per heavy atom. The Morgan fingerprint density at radius 3 is 1.50 bits per heavy atom. The van der Waals surface area contributed by atoms with Crippen molar-refractivity contribution in [1.82, 2.24) is 4.40 Å². The largest absolute Gasteiger partial charge is 0.308 e. The highest BCUT2D eigenvalue weighted by atomic mass is 14.9. The highest BCUT2D eigenvalue weighted by molar-refractivity contribution is 6.27. The molecule has 0 fully saturated rings. The van der Waals surface area contributed by atoms with Crippen LogP contribution in [-0.2, 0) is 0 Å². The summed E-state index contributed by atoms with van der Waals surface area (Å²) in [7, 11) is 0. The second-order valence-electron chi connectivity index (χ2n) is 12.0. The van der Waals surface area contributed by atoms with Crippen LogP contribution in [0, 0.1) is 0 Å². The molecule has 0 aliphatic heterocycles. The Hall–Kier alpha value is -5.14. The third-order valence-electron chi connectivity index (χ3n) is 9.23. The Labute approximate surface area is 244 Å². The van der Waals surface area contributed by atoms with E-state index in [1.54, 1.807) is 0 Å². The summed E-state index contributed by atoms with van der Waals surface area (Å²) in [6.07, 6.45) is 0. The van der Waals surface area contributed by atoms with Gasteiger partial charge in [0.05, 0.1) is 16.6 Å². The molecule has 9 aromatic rings. The van der Waals surface area contributed by atoms with Gasteiger partial charge in [-0.25, -0.2) is 0 Å². The van der Waals surface area contributed by atoms with Crippen molar-refractivity contribution in [2.75, 3.05) is 0 Å². The first kappa shape index (κ1) is 23.6. The molecule has 0 unspecified atom stereocenters. The highest BCUT2D eigenvalue weighted by Gasteiger charge is 2.21. The van der Waals surface area contributed by atoms with Crippen LogP contribution in [0.1, 0.15) is 25.3 Å². The zero-order valence-corrected chi connectivity index (χ0v) is 23.7. The summed E-state index contributed by atoms with van der Waals surface area (Å²) in [5, 5.41) is 10.4. The van der Waals surface area contributed by atoms with Gasteiger partial charge in [-0.3, -0.25) is 0 Å². The number of hydrogen-bond acceptors (Lipinski definition) is 0. The van der Waals surface area contributed by atoms with E-state index < -0.39 is 0 Å². The van der Waals surface area contributed by atoms with Gasteiger partial charge in [0.2, 0.25) is 0 Å². The first-order valence-electron chi connectivity index (χ1n) is 14.9. The second-order valence-corrected chi connectivity index (χ2v) is 12.0. The maximum atomic E-state index is 2.51. The van der Waals surface area contributed by atoms with Crippen LogP contribution >= 0.6 is 0 Å². The molecule has 2 heterocycles. The van der Waals surface area contributed by atoms with Crippen molar-refractivity contribution in [3.63, 3.8) is 0 Å². The fourth-order valence-corrected chi connectivity index (χ4v) is 7.10. The normalized spacial score (nSPS) is 12.3. The summed E-state index contributed by atoms with van der Waals surface area (Å²) < 4.78 is 2.51. The van der Waals surface area contributed by atoms with Crippen LogP contribution in [-0.4, -0.2) is 4.40 Å². The molecule has 0 saturated carbocycles. The molecule has 0 amide bonds. The van der Waals surface area contributed by atoms with Gasteiger partial charge in [0.25, 0.3) is 0 Å². The topological polar surface area (TPSA) is 4.41 Å². The quantitative estimate of drug-likeness (QED) is 0.212. The van der Waals surface area contributed by atoms with Crippen LogP contribution < -0.4 is 0 Å². The lowest BCUT2D eigenvalue weighted by Crippen LogP contribution is -1.92. The number of aromatic nitrogens is 1. The molecule has 0 radical (unpaired) electrons. The first-order valence-corrected chi connectivity index (χ1v) is 14.9. The van der Waals surface area contributed by atoms with E-state index in [4.69, 9.17) is 0 Å². The molecule has 0 N–H and O–H groups in total. The third-order valence-corrected chi connectivity index (χ3v) is 9.23. The molecule has 0 aliphatic carbocycles. The van der Waals surface area contributed by atoms with Gasteiger partial charge >= 0.3 is 0 Å². The van der Waals surface area contributed by atoms with E-state index in [-0.39, 0.29) is 0 Å². The van der Waals surface area contributed by atoms with Crippen molar-refractivity contribution in [2.24, 2.45) is 0 Å². The number of rotatable bonds is 3. The molecule has 1 nitrogen and oxygen atoms in total. The van der Waals surface area contributed by atoms with Gasteiger partial charge < -0.3 is 4.40 Å². The molecular formula is C41H29N. The van der Waals surface area contributed by atoms with Crippen molar-refractivity contribution in [3.05, 3.63) is 139 Å². The molecule has 7 aromatic carbocycles. The number of nitrogens with zero attached hydrogens (tertiary/aromatic N) is 1. The van der Waals surface area contributed by atoms with Gasteiger partial charge in [0.15, 0.2) is 0 Å². The lowest BCUT2D eigenvalue weighted by atomic mass is 9.89. The van der Waals surface area contributed by atoms with Crippen LogP contribution in [0.3, 0.4) is 0 Å². The maximum absolute atomic E-state index is 2.51. The number of fused-ring (bicyclic) bond motifs is 8. The average molecular weight is 536 g/mol. The zero-order chi connectivity index (χ0) is 27.9. The van der Waals surface area contributed by atoms with Crippen molar-refractivity contribution in [1.29, 1.82) is 0 Å². The second kappa shape index (κ2) is 8.68. The van der Waals surface area contributed by atoms with Crippen molar-refractivity contribution >= 4 is 59.6 Å². The van der Waals surface area contributed by atoms with Crippen LogP contribution in [0.5, 0.6) is 0 Å². The monoisotopic (exact) mass is 535 g/mol. The van der Waals surface area contributed by atoms with E-state index in [0.29, 0.717) is 5.92 Å². The van der Waals surface area contributed by atoms with Crippen molar-refractivity contribution < 1.29 is 0 Å². The molecule has 0 spiro atoms. The van der Waals surface area contributed by atoms with Gasteiger partial charge in [0, 0.05) is 21.5 Å². The van der Waals surface area contributed by atoms with Gasteiger partial charge in [-0.05, 0) is 91.7 Å². The molecule has 42 heavy (non-hydrogen) atoms. The molecule has 0 aliphatic rings. The molecule has 1 heteroatoms. The van der Waals surface area contributed by atoms with Crippen LogP contribution in [0.15, 0.2) is 133 Å². The molecule has 9 rings (SSSR count). The molecule has 198 valence electrons. The number of hydrogen-bond donors (Lipinski definition) is 0.